The Hall–Kier alpha value is -3.62. The van der Waals surface area contributed by atoms with Crippen molar-refractivity contribution in [1.82, 2.24) is 0 Å². The van der Waals surface area contributed by atoms with Crippen LogP contribution in [0.3, 0.4) is 0 Å². The zero-order valence-corrected chi connectivity index (χ0v) is 21.3. The van der Waals surface area contributed by atoms with Gasteiger partial charge in [-0.3, -0.25) is 0 Å². The minimum absolute atomic E-state index is 0.0124. The number of methoxy groups -OCH3 is 5. The highest BCUT2D eigenvalue weighted by molar-refractivity contribution is 7.22. The van der Waals surface area contributed by atoms with Crippen molar-refractivity contribution in [2.24, 2.45) is 0 Å². The molecule has 1 heterocycles. The van der Waals surface area contributed by atoms with E-state index in [2.05, 4.69) is 0 Å². The van der Waals surface area contributed by atoms with Crippen molar-refractivity contribution in [3.8, 4) is 44.9 Å². The molecule has 7 nitrogen and oxygen atoms in total. The minimum Gasteiger partial charge on any atom is -0.504 e. The molecule has 1 unspecified atom stereocenters. The molecular formula is C27H28O7S. The smallest absolute Gasteiger partial charge is 0.203 e. The van der Waals surface area contributed by atoms with Crippen molar-refractivity contribution in [3.05, 3.63) is 59.7 Å². The summed E-state index contributed by atoms with van der Waals surface area (Å²) in [5.41, 5.74) is 0.511. The summed E-state index contributed by atoms with van der Waals surface area (Å²) < 4.78 is 28.1. The molecule has 184 valence electrons. The van der Waals surface area contributed by atoms with E-state index in [0.29, 0.717) is 39.9 Å². The SMILES string of the molecule is COc1ccc2c(C(C)(O)c3cc(OC)c(OC)c(OC)c3)c(-c3ccc(OC)c(O)c3)sc2c1. The number of benzene rings is 3. The van der Waals surface area contributed by atoms with Crippen molar-refractivity contribution < 1.29 is 33.9 Å². The zero-order valence-electron chi connectivity index (χ0n) is 20.5. The lowest BCUT2D eigenvalue weighted by Gasteiger charge is -2.27. The van der Waals surface area contributed by atoms with E-state index in [0.717, 1.165) is 20.5 Å². The Labute approximate surface area is 208 Å². The molecule has 2 N–H and O–H groups in total. The van der Waals surface area contributed by atoms with Crippen LogP contribution >= 0.6 is 11.3 Å². The summed E-state index contributed by atoms with van der Waals surface area (Å²) in [6.07, 6.45) is 0. The minimum atomic E-state index is -1.47. The first-order valence-electron chi connectivity index (χ1n) is 10.8. The van der Waals surface area contributed by atoms with Gasteiger partial charge in [0, 0.05) is 15.1 Å². The van der Waals surface area contributed by atoms with Crippen LogP contribution in [0.4, 0.5) is 0 Å². The lowest BCUT2D eigenvalue weighted by molar-refractivity contribution is 0.104. The highest BCUT2D eigenvalue weighted by Gasteiger charge is 2.35. The van der Waals surface area contributed by atoms with Gasteiger partial charge in [-0.15, -0.1) is 11.3 Å². The molecule has 3 aromatic carbocycles. The number of thiophene rings is 1. The predicted octanol–water partition coefficient (Wildman–Crippen LogP) is 5.57. The Bertz CT molecular complexity index is 1350. The van der Waals surface area contributed by atoms with Crippen molar-refractivity contribution in [2.75, 3.05) is 35.5 Å². The summed E-state index contributed by atoms with van der Waals surface area (Å²) >= 11 is 1.50. The maximum absolute atomic E-state index is 12.1. The average Bonchev–Trinajstić information content (AvgIpc) is 3.27. The molecule has 35 heavy (non-hydrogen) atoms. The van der Waals surface area contributed by atoms with Crippen molar-refractivity contribution in [2.45, 2.75) is 12.5 Å². The molecule has 0 amide bonds. The monoisotopic (exact) mass is 496 g/mol. The topological polar surface area (TPSA) is 86.6 Å². The zero-order chi connectivity index (χ0) is 25.3. The van der Waals surface area contributed by atoms with Gasteiger partial charge in [0.1, 0.15) is 11.4 Å². The number of ether oxygens (including phenoxy) is 5. The molecule has 0 saturated heterocycles. The molecule has 0 bridgehead atoms. The van der Waals surface area contributed by atoms with Crippen LogP contribution in [0.25, 0.3) is 20.5 Å². The van der Waals surface area contributed by atoms with Crippen LogP contribution in [-0.2, 0) is 5.60 Å². The molecule has 0 aliphatic carbocycles. The summed E-state index contributed by atoms with van der Waals surface area (Å²) in [7, 11) is 7.72. The quantitative estimate of drug-likeness (QED) is 0.330. The third-order valence-electron chi connectivity index (χ3n) is 6.05. The summed E-state index contributed by atoms with van der Waals surface area (Å²) in [4.78, 5) is 0.796. The number of fused-ring (bicyclic) bond motifs is 1. The Balaban J connectivity index is 2.02. The van der Waals surface area contributed by atoms with Crippen LogP contribution in [0.2, 0.25) is 0 Å². The molecule has 4 rings (SSSR count). The van der Waals surface area contributed by atoms with Gasteiger partial charge in [-0.05, 0) is 72.0 Å². The van der Waals surface area contributed by atoms with Gasteiger partial charge in [0.05, 0.1) is 35.5 Å². The molecule has 1 aromatic heterocycles. The third-order valence-corrected chi connectivity index (χ3v) is 7.25. The van der Waals surface area contributed by atoms with Gasteiger partial charge in [0.25, 0.3) is 0 Å². The van der Waals surface area contributed by atoms with E-state index in [1.165, 1.54) is 39.8 Å². The molecule has 1 atom stereocenters. The molecule has 0 aliphatic heterocycles. The van der Waals surface area contributed by atoms with E-state index in [1.54, 1.807) is 38.3 Å². The molecule has 0 saturated carbocycles. The van der Waals surface area contributed by atoms with Gasteiger partial charge in [-0.25, -0.2) is 0 Å². The molecule has 8 heteroatoms. The normalized spacial score (nSPS) is 12.8. The van der Waals surface area contributed by atoms with Gasteiger partial charge in [-0.1, -0.05) is 0 Å². The van der Waals surface area contributed by atoms with Crippen LogP contribution in [0, 0.1) is 0 Å². The summed E-state index contributed by atoms with van der Waals surface area (Å²) in [6, 6.07) is 14.4. The second-order valence-electron chi connectivity index (χ2n) is 8.04. The lowest BCUT2D eigenvalue weighted by Crippen LogP contribution is -2.23. The van der Waals surface area contributed by atoms with E-state index >= 15 is 0 Å². The highest BCUT2D eigenvalue weighted by atomic mass is 32.1. The number of rotatable bonds is 8. The number of phenolic OH excluding ortho intramolecular Hbond substituents is 1. The molecular weight excluding hydrogens is 468 g/mol. The number of phenols is 1. The Kier molecular flexibility index (Phi) is 6.69. The standard InChI is InChI=1S/C27H28O7S/c1-27(29,16-12-21(32-4)25(34-6)22(13-16)33-5)24-18-9-8-17(30-2)14-23(18)35-26(24)15-7-10-20(31-3)19(28)11-15/h7-14,28-29H,1-6H3. The fourth-order valence-electron chi connectivity index (χ4n) is 4.23. The first kappa shape index (κ1) is 24.5. The van der Waals surface area contributed by atoms with Crippen LogP contribution in [-0.4, -0.2) is 45.8 Å². The van der Waals surface area contributed by atoms with Crippen molar-refractivity contribution in [1.29, 1.82) is 0 Å². The van der Waals surface area contributed by atoms with Gasteiger partial charge >= 0.3 is 0 Å². The maximum Gasteiger partial charge on any atom is 0.203 e. The number of hydrogen-bond donors (Lipinski definition) is 2. The van der Waals surface area contributed by atoms with E-state index < -0.39 is 5.60 Å². The van der Waals surface area contributed by atoms with E-state index in [1.807, 2.05) is 24.3 Å². The van der Waals surface area contributed by atoms with E-state index in [4.69, 9.17) is 23.7 Å². The summed E-state index contributed by atoms with van der Waals surface area (Å²) in [5.74, 6) is 2.41. The van der Waals surface area contributed by atoms with Gasteiger partial charge < -0.3 is 33.9 Å². The van der Waals surface area contributed by atoms with Gasteiger partial charge in [0.15, 0.2) is 23.0 Å². The first-order chi connectivity index (χ1) is 16.8. The Morgan fingerprint density at radius 1 is 0.743 bits per heavy atom. The maximum atomic E-state index is 12.1. The van der Waals surface area contributed by atoms with Crippen molar-refractivity contribution in [3.63, 3.8) is 0 Å². The largest absolute Gasteiger partial charge is 0.504 e. The van der Waals surface area contributed by atoms with E-state index in [-0.39, 0.29) is 5.75 Å². The number of hydrogen-bond acceptors (Lipinski definition) is 8. The lowest BCUT2D eigenvalue weighted by atomic mass is 9.84. The van der Waals surface area contributed by atoms with Crippen LogP contribution in [0.1, 0.15) is 18.1 Å². The van der Waals surface area contributed by atoms with Crippen LogP contribution < -0.4 is 23.7 Å². The van der Waals surface area contributed by atoms with E-state index in [9.17, 15) is 10.2 Å². The van der Waals surface area contributed by atoms with Crippen molar-refractivity contribution >= 4 is 21.4 Å². The molecule has 0 radical (unpaired) electrons. The fraction of sp³-hybridized carbons (Fsp3) is 0.259. The molecule has 4 aromatic rings. The second kappa shape index (κ2) is 9.56. The first-order valence-corrected chi connectivity index (χ1v) is 11.6. The summed E-state index contributed by atoms with van der Waals surface area (Å²) in [5, 5.41) is 23.4. The van der Waals surface area contributed by atoms with Gasteiger partial charge in [-0.2, -0.15) is 0 Å². The van der Waals surface area contributed by atoms with Crippen LogP contribution in [0.5, 0.6) is 34.5 Å². The second-order valence-corrected chi connectivity index (χ2v) is 9.09. The Morgan fingerprint density at radius 2 is 1.40 bits per heavy atom. The average molecular weight is 497 g/mol. The Morgan fingerprint density at radius 3 is 1.94 bits per heavy atom. The highest BCUT2D eigenvalue weighted by Crippen LogP contribution is 2.50. The van der Waals surface area contributed by atoms with Gasteiger partial charge in [0.2, 0.25) is 5.75 Å². The molecule has 0 fully saturated rings. The van der Waals surface area contributed by atoms with Crippen LogP contribution in [0.15, 0.2) is 48.5 Å². The molecule has 0 spiro atoms. The number of aliphatic hydroxyl groups is 1. The molecule has 0 aliphatic rings. The number of aromatic hydroxyl groups is 1. The summed E-state index contributed by atoms with van der Waals surface area (Å²) in [6.45, 7) is 1.73. The predicted molar refractivity (Wildman–Crippen MR) is 137 cm³/mol. The third kappa shape index (κ3) is 4.19. The fourth-order valence-corrected chi connectivity index (χ4v) is 5.56.